The summed E-state index contributed by atoms with van der Waals surface area (Å²) in [7, 11) is 3.67. The van der Waals surface area contributed by atoms with Crippen molar-refractivity contribution in [2.45, 2.75) is 6.42 Å². The van der Waals surface area contributed by atoms with Gasteiger partial charge in [-0.3, -0.25) is 9.48 Å². The largest absolute Gasteiger partial charge is 0.396 e. The maximum Gasteiger partial charge on any atom is 0.255 e. The molecule has 0 aliphatic carbocycles. The zero-order valence-corrected chi connectivity index (χ0v) is 15.2. The van der Waals surface area contributed by atoms with E-state index in [0.29, 0.717) is 22.8 Å². The third-order valence-electron chi connectivity index (χ3n) is 4.61. The number of aromatic nitrogens is 3. The Morgan fingerprint density at radius 1 is 1.15 bits per heavy atom. The number of nitrogens with zero attached hydrogens (tertiary/aromatic N) is 4. The number of hydrogen-bond donors (Lipinski definition) is 3. The second kappa shape index (κ2) is 6.64. The number of pyridine rings is 1. The van der Waals surface area contributed by atoms with Gasteiger partial charge in [-0.25, -0.2) is 4.98 Å². The predicted octanol–water partition coefficient (Wildman–Crippen LogP) is 2.51. The Morgan fingerprint density at radius 2 is 2.00 bits per heavy atom. The van der Waals surface area contributed by atoms with Gasteiger partial charge in [0.25, 0.3) is 5.91 Å². The molecule has 0 saturated heterocycles. The van der Waals surface area contributed by atoms with Crippen LogP contribution < -0.4 is 16.4 Å². The van der Waals surface area contributed by atoms with Gasteiger partial charge in [0.1, 0.15) is 5.82 Å². The molecule has 1 amide bonds. The molecule has 1 aliphatic rings. The van der Waals surface area contributed by atoms with E-state index >= 15 is 0 Å². The fourth-order valence-electron chi connectivity index (χ4n) is 3.17. The molecule has 138 valence electrons. The molecule has 0 fully saturated rings. The second-order valence-corrected chi connectivity index (χ2v) is 6.63. The minimum atomic E-state index is 0.0145. The van der Waals surface area contributed by atoms with Gasteiger partial charge in [0, 0.05) is 32.9 Å². The monoisotopic (exact) mass is 363 g/mol. The molecule has 0 saturated carbocycles. The van der Waals surface area contributed by atoms with Crippen molar-refractivity contribution >= 4 is 34.5 Å². The van der Waals surface area contributed by atoms with Crippen LogP contribution in [0.15, 0.2) is 42.9 Å². The summed E-state index contributed by atoms with van der Waals surface area (Å²) < 4.78 is 1.71. The Kier molecular flexibility index (Phi) is 4.15. The first-order valence-corrected chi connectivity index (χ1v) is 8.67. The van der Waals surface area contributed by atoms with E-state index in [9.17, 15) is 4.79 Å². The number of fused-ring (bicyclic) bond motifs is 1. The number of nitrogens with one attached hydrogen (secondary N) is 2. The molecule has 1 aliphatic heterocycles. The lowest BCUT2D eigenvalue weighted by Gasteiger charge is -2.27. The molecule has 0 bridgehead atoms. The van der Waals surface area contributed by atoms with Crippen LogP contribution in [-0.2, 0) is 13.5 Å². The van der Waals surface area contributed by atoms with Crippen LogP contribution >= 0.6 is 0 Å². The van der Waals surface area contributed by atoms with E-state index in [2.05, 4.69) is 20.7 Å². The molecule has 0 atom stereocenters. The van der Waals surface area contributed by atoms with Crippen molar-refractivity contribution in [3.8, 4) is 0 Å². The van der Waals surface area contributed by atoms with Crippen LogP contribution in [0.5, 0.6) is 0 Å². The minimum Gasteiger partial charge on any atom is -0.396 e. The number of nitrogen functional groups attached to an aromatic ring is 1. The molecule has 0 unspecified atom stereocenters. The van der Waals surface area contributed by atoms with Crippen molar-refractivity contribution < 1.29 is 4.79 Å². The van der Waals surface area contributed by atoms with Crippen molar-refractivity contribution in [3.05, 3.63) is 54.0 Å². The number of benzene rings is 1. The standard InChI is InChI=1S/C19H21N7O/c1-25-7-6-12-4-3-5-15(18(12)19(25)27)24-16-8-17(21-10-14(16)20)23-13-9-22-26(2)11-13/h3-5,8-11H,6-7,20H2,1-2H3,(H2,21,23,24). The van der Waals surface area contributed by atoms with Crippen LogP contribution in [-0.4, -0.2) is 39.2 Å². The fourth-order valence-corrected chi connectivity index (χ4v) is 3.17. The van der Waals surface area contributed by atoms with Gasteiger partial charge in [-0.2, -0.15) is 5.10 Å². The Hall–Kier alpha value is -3.55. The number of hydrogen-bond acceptors (Lipinski definition) is 6. The van der Waals surface area contributed by atoms with Crippen LogP contribution in [0.1, 0.15) is 15.9 Å². The van der Waals surface area contributed by atoms with Gasteiger partial charge in [0.2, 0.25) is 0 Å². The first kappa shape index (κ1) is 16.9. The smallest absolute Gasteiger partial charge is 0.255 e. The van der Waals surface area contributed by atoms with E-state index in [4.69, 9.17) is 5.73 Å². The number of carbonyl (C=O) groups excluding carboxylic acids is 1. The lowest BCUT2D eigenvalue weighted by atomic mass is 9.97. The zero-order valence-electron chi connectivity index (χ0n) is 15.2. The van der Waals surface area contributed by atoms with E-state index in [1.54, 1.807) is 22.0 Å². The molecule has 8 nitrogen and oxygen atoms in total. The zero-order chi connectivity index (χ0) is 19.0. The molecule has 3 aromatic rings. The van der Waals surface area contributed by atoms with E-state index in [1.165, 1.54) is 0 Å². The van der Waals surface area contributed by atoms with Crippen molar-refractivity contribution in [1.29, 1.82) is 0 Å². The highest BCUT2D eigenvalue weighted by Gasteiger charge is 2.24. The van der Waals surface area contributed by atoms with Crippen LogP contribution in [0.2, 0.25) is 0 Å². The third kappa shape index (κ3) is 3.29. The summed E-state index contributed by atoms with van der Waals surface area (Å²) >= 11 is 0. The van der Waals surface area contributed by atoms with Crippen molar-refractivity contribution in [3.63, 3.8) is 0 Å². The average Bonchev–Trinajstić information content (AvgIpc) is 3.06. The maximum absolute atomic E-state index is 12.6. The Bertz CT molecular complexity index is 1010. The normalized spacial score (nSPS) is 13.4. The fraction of sp³-hybridized carbons (Fsp3) is 0.211. The number of aryl methyl sites for hydroxylation is 1. The number of nitrogens with two attached hydrogens (primary N) is 1. The topological polar surface area (TPSA) is 101 Å². The lowest BCUT2D eigenvalue weighted by Crippen LogP contribution is -2.34. The van der Waals surface area contributed by atoms with E-state index in [-0.39, 0.29) is 5.91 Å². The van der Waals surface area contributed by atoms with Crippen molar-refractivity contribution in [1.82, 2.24) is 19.7 Å². The van der Waals surface area contributed by atoms with Gasteiger partial charge in [0.05, 0.1) is 40.7 Å². The Morgan fingerprint density at radius 3 is 2.78 bits per heavy atom. The summed E-state index contributed by atoms with van der Waals surface area (Å²) in [5, 5.41) is 10.6. The minimum absolute atomic E-state index is 0.0145. The molecule has 0 spiro atoms. The van der Waals surface area contributed by atoms with Gasteiger partial charge in [0.15, 0.2) is 0 Å². The third-order valence-corrected chi connectivity index (χ3v) is 4.61. The van der Waals surface area contributed by atoms with Crippen LogP contribution in [0, 0.1) is 0 Å². The molecule has 27 heavy (non-hydrogen) atoms. The SMILES string of the molecule is CN1CCc2cccc(Nc3cc(Nc4cnn(C)c4)ncc3N)c2C1=O. The van der Waals surface area contributed by atoms with E-state index < -0.39 is 0 Å². The van der Waals surface area contributed by atoms with E-state index in [0.717, 1.165) is 29.9 Å². The predicted molar refractivity (Wildman–Crippen MR) is 106 cm³/mol. The summed E-state index contributed by atoms with van der Waals surface area (Å²) in [5.41, 5.74) is 10.6. The molecule has 2 aromatic heterocycles. The van der Waals surface area contributed by atoms with Crippen molar-refractivity contribution in [2.75, 3.05) is 30.0 Å². The molecular weight excluding hydrogens is 342 g/mol. The summed E-state index contributed by atoms with van der Waals surface area (Å²) in [6.45, 7) is 0.728. The van der Waals surface area contributed by atoms with Gasteiger partial charge in [-0.05, 0) is 18.1 Å². The summed E-state index contributed by atoms with van der Waals surface area (Å²) in [4.78, 5) is 18.7. The first-order chi connectivity index (χ1) is 13.0. The summed E-state index contributed by atoms with van der Waals surface area (Å²) in [5.74, 6) is 0.647. The highest BCUT2D eigenvalue weighted by molar-refractivity contribution is 6.03. The average molecular weight is 363 g/mol. The Labute approximate surface area is 157 Å². The molecular formula is C19H21N7O. The highest BCUT2D eigenvalue weighted by Crippen LogP contribution is 2.31. The maximum atomic E-state index is 12.6. The lowest BCUT2D eigenvalue weighted by molar-refractivity contribution is 0.0782. The van der Waals surface area contributed by atoms with E-state index in [1.807, 2.05) is 44.6 Å². The van der Waals surface area contributed by atoms with Gasteiger partial charge in [-0.1, -0.05) is 12.1 Å². The molecule has 3 heterocycles. The molecule has 4 N–H and O–H groups in total. The number of rotatable bonds is 4. The summed E-state index contributed by atoms with van der Waals surface area (Å²) in [6, 6.07) is 7.66. The molecule has 4 rings (SSSR count). The molecule has 8 heteroatoms. The summed E-state index contributed by atoms with van der Waals surface area (Å²) in [6.07, 6.45) is 6.00. The van der Waals surface area contributed by atoms with Crippen LogP contribution in [0.4, 0.5) is 28.6 Å². The molecule has 0 radical (unpaired) electrons. The quantitative estimate of drug-likeness (QED) is 0.658. The van der Waals surface area contributed by atoms with Gasteiger partial charge >= 0.3 is 0 Å². The first-order valence-electron chi connectivity index (χ1n) is 8.67. The number of anilines is 5. The van der Waals surface area contributed by atoms with Crippen LogP contribution in [0.3, 0.4) is 0 Å². The van der Waals surface area contributed by atoms with Gasteiger partial charge < -0.3 is 21.3 Å². The number of likely N-dealkylation sites (N-methyl/N-ethyl adjacent to an activating group) is 1. The number of amides is 1. The second-order valence-electron chi connectivity index (χ2n) is 6.63. The molecule has 1 aromatic carbocycles. The van der Waals surface area contributed by atoms with Crippen LogP contribution in [0.25, 0.3) is 0 Å². The highest BCUT2D eigenvalue weighted by atomic mass is 16.2. The van der Waals surface area contributed by atoms with Crippen molar-refractivity contribution in [2.24, 2.45) is 7.05 Å². The van der Waals surface area contributed by atoms with Gasteiger partial charge in [-0.15, -0.1) is 0 Å². The Balaban J connectivity index is 1.65. The number of carbonyl (C=O) groups is 1.